The summed E-state index contributed by atoms with van der Waals surface area (Å²) in [6, 6.07) is 0.498. The van der Waals surface area contributed by atoms with Gasteiger partial charge in [-0.3, -0.25) is 0 Å². The molecule has 0 aliphatic heterocycles. The lowest BCUT2D eigenvalue weighted by atomic mass is 10.2. The van der Waals surface area contributed by atoms with Crippen molar-refractivity contribution in [1.29, 1.82) is 0 Å². The lowest BCUT2D eigenvalue weighted by Crippen LogP contribution is -2.34. The summed E-state index contributed by atoms with van der Waals surface area (Å²) in [7, 11) is 1.72. The van der Waals surface area contributed by atoms with Crippen LogP contribution in [0.15, 0.2) is 0 Å². The zero-order valence-corrected chi connectivity index (χ0v) is 7.76. The van der Waals surface area contributed by atoms with Gasteiger partial charge in [-0.05, 0) is 26.8 Å². The zero-order chi connectivity index (χ0) is 8.69. The second-order valence-corrected chi connectivity index (χ2v) is 2.93. The molecule has 3 heteroatoms. The Labute approximate surface area is 69.3 Å². The lowest BCUT2D eigenvalue weighted by Gasteiger charge is -2.15. The van der Waals surface area contributed by atoms with Gasteiger partial charge in [-0.25, -0.2) is 0 Å². The Morgan fingerprint density at radius 1 is 1.45 bits per heavy atom. The molecule has 0 aromatic heterocycles. The largest absolute Gasteiger partial charge is 0.380 e. The van der Waals surface area contributed by atoms with Gasteiger partial charge >= 0.3 is 0 Å². The molecule has 0 aromatic rings. The average Bonchev–Trinajstić information content (AvgIpc) is 2.01. The standard InChI is InChI=1S/C8H20N2O/c1-7(4-5-9)10-6-8(2)11-3/h7-8,10H,4-6,9H2,1-3H3. The molecular weight excluding hydrogens is 140 g/mol. The van der Waals surface area contributed by atoms with Gasteiger partial charge in [0.2, 0.25) is 0 Å². The van der Waals surface area contributed by atoms with Gasteiger partial charge < -0.3 is 15.8 Å². The third-order valence-corrected chi connectivity index (χ3v) is 1.76. The first-order valence-corrected chi connectivity index (χ1v) is 4.17. The maximum absolute atomic E-state index is 5.40. The molecule has 0 radical (unpaired) electrons. The van der Waals surface area contributed by atoms with E-state index in [1.807, 2.05) is 6.92 Å². The molecule has 0 rings (SSSR count). The highest BCUT2D eigenvalue weighted by Gasteiger charge is 2.02. The summed E-state index contributed by atoms with van der Waals surface area (Å²) in [6.07, 6.45) is 1.31. The number of ether oxygens (including phenoxy) is 1. The van der Waals surface area contributed by atoms with Crippen molar-refractivity contribution in [1.82, 2.24) is 5.32 Å². The fourth-order valence-corrected chi connectivity index (χ4v) is 0.803. The third kappa shape index (κ3) is 6.28. The molecule has 0 bridgehead atoms. The Morgan fingerprint density at radius 2 is 2.09 bits per heavy atom. The second kappa shape index (κ2) is 6.58. The van der Waals surface area contributed by atoms with E-state index in [1.165, 1.54) is 0 Å². The van der Waals surface area contributed by atoms with E-state index in [1.54, 1.807) is 7.11 Å². The van der Waals surface area contributed by atoms with E-state index >= 15 is 0 Å². The number of rotatable bonds is 6. The fraction of sp³-hybridized carbons (Fsp3) is 1.00. The molecule has 0 spiro atoms. The molecule has 3 N–H and O–H groups in total. The van der Waals surface area contributed by atoms with Crippen LogP contribution < -0.4 is 11.1 Å². The van der Waals surface area contributed by atoms with E-state index in [0.29, 0.717) is 6.04 Å². The summed E-state index contributed by atoms with van der Waals surface area (Å²) >= 11 is 0. The molecule has 0 aliphatic rings. The number of nitrogens with two attached hydrogens (primary N) is 1. The van der Waals surface area contributed by atoms with Crippen LogP contribution in [0, 0.1) is 0 Å². The van der Waals surface area contributed by atoms with E-state index in [-0.39, 0.29) is 6.10 Å². The van der Waals surface area contributed by atoms with Crippen LogP contribution in [0.3, 0.4) is 0 Å². The molecule has 0 aliphatic carbocycles. The molecule has 3 nitrogen and oxygen atoms in total. The van der Waals surface area contributed by atoms with Crippen molar-refractivity contribution in [2.24, 2.45) is 5.73 Å². The summed E-state index contributed by atoms with van der Waals surface area (Å²) in [5.74, 6) is 0. The number of methoxy groups -OCH3 is 1. The average molecular weight is 160 g/mol. The Kier molecular flexibility index (Phi) is 6.51. The molecule has 0 fully saturated rings. The monoisotopic (exact) mass is 160 g/mol. The van der Waals surface area contributed by atoms with Crippen molar-refractivity contribution < 1.29 is 4.74 Å². The summed E-state index contributed by atoms with van der Waals surface area (Å²) in [5, 5.41) is 3.33. The van der Waals surface area contributed by atoms with E-state index in [0.717, 1.165) is 19.5 Å². The summed E-state index contributed by atoms with van der Waals surface area (Å²) in [4.78, 5) is 0. The smallest absolute Gasteiger partial charge is 0.0667 e. The molecule has 68 valence electrons. The summed E-state index contributed by atoms with van der Waals surface area (Å²) in [5.41, 5.74) is 5.40. The van der Waals surface area contributed by atoms with E-state index in [4.69, 9.17) is 10.5 Å². The number of nitrogens with one attached hydrogen (secondary N) is 1. The molecule has 0 amide bonds. The highest BCUT2D eigenvalue weighted by atomic mass is 16.5. The van der Waals surface area contributed by atoms with Gasteiger partial charge in [0.05, 0.1) is 6.10 Å². The molecule has 11 heavy (non-hydrogen) atoms. The Balaban J connectivity index is 3.22. The van der Waals surface area contributed by atoms with Crippen LogP contribution in [0.4, 0.5) is 0 Å². The quantitative estimate of drug-likeness (QED) is 0.589. The van der Waals surface area contributed by atoms with Crippen molar-refractivity contribution in [3.8, 4) is 0 Å². The Bertz CT molecular complexity index is 88.2. The summed E-state index contributed by atoms with van der Waals surface area (Å²) < 4.78 is 5.08. The maximum Gasteiger partial charge on any atom is 0.0667 e. The van der Waals surface area contributed by atoms with Crippen LogP contribution in [-0.2, 0) is 4.74 Å². The second-order valence-electron chi connectivity index (χ2n) is 2.93. The van der Waals surface area contributed by atoms with E-state index in [2.05, 4.69) is 12.2 Å². The van der Waals surface area contributed by atoms with Crippen LogP contribution in [-0.4, -0.2) is 32.3 Å². The van der Waals surface area contributed by atoms with Crippen LogP contribution in [0.25, 0.3) is 0 Å². The minimum Gasteiger partial charge on any atom is -0.380 e. The maximum atomic E-state index is 5.40. The predicted molar refractivity (Wildman–Crippen MR) is 47.6 cm³/mol. The van der Waals surface area contributed by atoms with Gasteiger partial charge in [-0.2, -0.15) is 0 Å². The van der Waals surface area contributed by atoms with Crippen LogP contribution in [0.2, 0.25) is 0 Å². The molecule has 2 unspecified atom stereocenters. The molecular formula is C8H20N2O. The highest BCUT2D eigenvalue weighted by molar-refractivity contribution is 4.63. The topological polar surface area (TPSA) is 47.3 Å². The van der Waals surface area contributed by atoms with E-state index in [9.17, 15) is 0 Å². The van der Waals surface area contributed by atoms with Crippen molar-refractivity contribution >= 4 is 0 Å². The van der Waals surface area contributed by atoms with Crippen LogP contribution in [0.5, 0.6) is 0 Å². The van der Waals surface area contributed by atoms with Gasteiger partial charge in [-0.1, -0.05) is 0 Å². The van der Waals surface area contributed by atoms with Crippen LogP contribution >= 0.6 is 0 Å². The highest BCUT2D eigenvalue weighted by Crippen LogP contribution is 1.90. The Hall–Kier alpha value is -0.120. The lowest BCUT2D eigenvalue weighted by molar-refractivity contribution is 0.114. The molecule has 0 heterocycles. The van der Waals surface area contributed by atoms with Crippen LogP contribution in [0.1, 0.15) is 20.3 Å². The van der Waals surface area contributed by atoms with Gasteiger partial charge in [0, 0.05) is 19.7 Å². The van der Waals surface area contributed by atoms with Gasteiger partial charge in [-0.15, -0.1) is 0 Å². The normalized spacial score (nSPS) is 16.4. The number of hydrogen-bond donors (Lipinski definition) is 2. The summed E-state index contributed by atoms with van der Waals surface area (Å²) in [6.45, 7) is 5.82. The molecule has 0 aromatic carbocycles. The number of hydrogen-bond acceptors (Lipinski definition) is 3. The Morgan fingerprint density at radius 3 is 2.55 bits per heavy atom. The van der Waals surface area contributed by atoms with Crippen molar-refractivity contribution in [2.75, 3.05) is 20.2 Å². The third-order valence-electron chi connectivity index (χ3n) is 1.76. The fourth-order valence-electron chi connectivity index (χ4n) is 0.803. The zero-order valence-electron chi connectivity index (χ0n) is 7.76. The predicted octanol–water partition coefficient (Wildman–Crippen LogP) is 0.348. The molecule has 2 atom stereocenters. The first-order chi connectivity index (χ1) is 5.20. The minimum absolute atomic E-state index is 0.287. The molecule has 0 saturated heterocycles. The minimum atomic E-state index is 0.287. The first-order valence-electron chi connectivity index (χ1n) is 4.17. The van der Waals surface area contributed by atoms with Gasteiger partial charge in [0.15, 0.2) is 0 Å². The van der Waals surface area contributed by atoms with E-state index < -0.39 is 0 Å². The van der Waals surface area contributed by atoms with Gasteiger partial charge in [0.1, 0.15) is 0 Å². The van der Waals surface area contributed by atoms with Crippen molar-refractivity contribution in [2.45, 2.75) is 32.4 Å². The van der Waals surface area contributed by atoms with Crippen molar-refractivity contribution in [3.05, 3.63) is 0 Å². The molecule has 0 saturated carbocycles. The SMILES string of the molecule is COC(C)CNC(C)CCN. The van der Waals surface area contributed by atoms with Crippen molar-refractivity contribution in [3.63, 3.8) is 0 Å². The first kappa shape index (κ1) is 10.9. The van der Waals surface area contributed by atoms with Gasteiger partial charge in [0.25, 0.3) is 0 Å².